The molecule has 0 spiro atoms. The Morgan fingerprint density at radius 1 is 1.00 bits per heavy atom. The van der Waals surface area contributed by atoms with Crippen LogP contribution in [-0.2, 0) is 11.3 Å². The van der Waals surface area contributed by atoms with Crippen molar-refractivity contribution in [2.75, 3.05) is 0 Å². The molecule has 3 heteroatoms. The van der Waals surface area contributed by atoms with E-state index in [1.54, 1.807) is 4.90 Å². The summed E-state index contributed by atoms with van der Waals surface area (Å²) in [7, 11) is 0. The second-order valence-electron chi connectivity index (χ2n) is 6.40. The van der Waals surface area contributed by atoms with Crippen molar-refractivity contribution in [2.24, 2.45) is 10.9 Å². The van der Waals surface area contributed by atoms with Crippen LogP contribution in [0.15, 0.2) is 77.6 Å². The predicted octanol–water partition coefficient (Wildman–Crippen LogP) is 4.41. The summed E-state index contributed by atoms with van der Waals surface area (Å²) in [5.74, 6) is 1.26. The molecule has 0 saturated carbocycles. The third-order valence-electron chi connectivity index (χ3n) is 3.95. The van der Waals surface area contributed by atoms with Gasteiger partial charge in [0.1, 0.15) is 11.5 Å². The van der Waals surface area contributed by atoms with Crippen LogP contribution in [0.5, 0.6) is 0 Å². The van der Waals surface area contributed by atoms with Crippen LogP contribution in [0.3, 0.4) is 0 Å². The third kappa shape index (κ3) is 3.62. The molecule has 0 aromatic heterocycles. The van der Waals surface area contributed by atoms with Crippen LogP contribution >= 0.6 is 0 Å². The Kier molecular flexibility index (Phi) is 4.90. The number of rotatable bonds is 5. The molecule has 0 saturated heterocycles. The molecule has 3 rings (SSSR count). The van der Waals surface area contributed by atoms with Crippen LogP contribution in [0.2, 0.25) is 0 Å². The Morgan fingerprint density at radius 2 is 1.62 bits per heavy atom. The Bertz CT molecular complexity index is 761. The first-order valence-corrected chi connectivity index (χ1v) is 8.35. The highest BCUT2D eigenvalue weighted by Gasteiger charge is 2.30. The summed E-state index contributed by atoms with van der Waals surface area (Å²) in [5, 5.41) is 0. The normalized spacial score (nSPS) is 16.1. The first kappa shape index (κ1) is 16.2. The van der Waals surface area contributed by atoms with Gasteiger partial charge in [0.15, 0.2) is 0 Å². The summed E-state index contributed by atoms with van der Waals surface area (Å²) < 4.78 is 0. The van der Waals surface area contributed by atoms with Gasteiger partial charge in [0, 0.05) is 5.56 Å². The Balaban J connectivity index is 1.92. The number of allylic oxidation sites excluding steroid dienone is 1. The quantitative estimate of drug-likeness (QED) is 0.804. The number of hydrogen-bond acceptors (Lipinski definition) is 2. The van der Waals surface area contributed by atoms with Crippen molar-refractivity contribution in [3.05, 3.63) is 83.7 Å². The minimum atomic E-state index is -0.0277. The molecule has 0 atom stereocenters. The number of nitrogens with zero attached hydrogens (tertiary/aromatic N) is 2. The molecular formula is C21H22N2O. The lowest BCUT2D eigenvalue weighted by Gasteiger charge is -2.17. The van der Waals surface area contributed by atoms with Gasteiger partial charge in [-0.15, -0.1) is 0 Å². The lowest BCUT2D eigenvalue weighted by Crippen LogP contribution is -2.29. The van der Waals surface area contributed by atoms with Crippen molar-refractivity contribution in [3.8, 4) is 0 Å². The number of aliphatic imine (C=N–C) groups is 1. The topological polar surface area (TPSA) is 32.7 Å². The highest BCUT2D eigenvalue weighted by Crippen LogP contribution is 2.23. The summed E-state index contributed by atoms with van der Waals surface area (Å²) in [6.07, 6.45) is 2.97. The molecule has 0 aliphatic carbocycles. The van der Waals surface area contributed by atoms with Crippen LogP contribution in [0, 0.1) is 5.92 Å². The Morgan fingerprint density at radius 3 is 2.25 bits per heavy atom. The van der Waals surface area contributed by atoms with Crippen molar-refractivity contribution in [1.29, 1.82) is 0 Å². The largest absolute Gasteiger partial charge is 0.287 e. The van der Waals surface area contributed by atoms with Crippen molar-refractivity contribution < 1.29 is 4.79 Å². The number of amides is 1. The SMILES string of the molecule is CC(C)C/C=C1\N=C(c2ccccc2)C(=O)N1Cc1ccccc1. The lowest BCUT2D eigenvalue weighted by molar-refractivity contribution is -0.121. The fraction of sp³-hybridized carbons (Fsp3) is 0.238. The number of hydrogen-bond donors (Lipinski definition) is 0. The van der Waals surface area contributed by atoms with E-state index in [-0.39, 0.29) is 5.91 Å². The molecular weight excluding hydrogens is 296 g/mol. The van der Waals surface area contributed by atoms with Gasteiger partial charge in [-0.05, 0) is 24.0 Å². The van der Waals surface area contributed by atoms with Gasteiger partial charge < -0.3 is 0 Å². The zero-order chi connectivity index (χ0) is 16.9. The standard InChI is InChI=1S/C21H22N2O/c1-16(2)13-14-19-22-20(18-11-7-4-8-12-18)21(24)23(19)15-17-9-5-3-6-10-17/h3-12,14,16H,13,15H2,1-2H3/b19-14+. The summed E-state index contributed by atoms with van der Waals surface area (Å²) in [5.41, 5.74) is 2.50. The monoisotopic (exact) mass is 318 g/mol. The molecule has 1 heterocycles. The fourth-order valence-electron chi connectivity index (χ4n) is 2.65. The molecule has 122 valence electrons. The van der Waals surface area contributed by atoms with Crippen molar-refractivity contribution >= 4 is 11.6 Å². The summed E-state index contributed by atoms with van der Waals surface area (Å²) >= 11 is 0. The Labute approximate surface area is 143 Å². The average molecular weight is 318 g/mol. The molecule has 1 aliphatic heterocycles. The maximum atomic E-state index is 12.9. The first-order valence-electron chi connectivity index (χ1n) is 8.35. The van der Waals surface area contributed by atoms with E-state index in [0.717, 1.165) is 23.4 Å². The summed E-state index contributed by atoms with van der Waals surface area (Å²) in [6, 6.07) is 19.7. The molecule has 0 radical (unpaired) electrons. The van der Waals surface area contributed by atoms with E-state index in [1.165, 1.54) is 0 Å². The molecule has 0 unspecified atom stereocenters. The van der Waals surface area contributed by atoms with Crippen LogP contribution in [-0.4, -0.2) is 16.5 Å². The van der Waals surface area contributed by atoms with Crippen LogP contribution < -0.4 is 0 Å². The van der Waals surface area contributed by atoms with E-state index in [0.29, 0.717) is 18.2 Å². The van der Waals surface area contributed by atoms with Gasteiger partial charge in [-0.25, -0.2) is 4.99 Å². The smallest absolute Gasteiger partial charge is 0.279 e. The van der Waals surface area contributed by atoms with Gasteiger partial charge in [-0.1, -0.05) is 74.5 Å². The first-order chi connectivity index (χ1) is 11.6. The zero-order valence-corrected chi connectivity index (χ0v) is 14.1. The zero-order valence-electron chi connectivity index (χ0n) is 14.1. The van der Waals surface area contributed by atoms with E-state index in [4.69, 9.17) is 0 Å². The van der Waals surface area contributed by atoms with E-state index in [1.807, 2.05) is 60.7 Å². The average Bonchev–Trinajstić information content (AvgIpc) is 2.91. The molecule has 1 amide bonds. The van der Waals surface area contributed by atoms with Gasteiger partial charge in [0.2, 0.25) is 0 Å². The molecule has 1 aliphatic rings. The van der Waals surface area contributed by atoms with Crippen LogP contribution in [0.25, 0.3) is 0 Å². The highest BCUT2D eigenvalue weighted by atomic mass is 16.2. The number of carbonyl (C=O) groups excluding carboxylic acids is 1. The molecule has 0 N–H and O–H groups in total. The number of benzene rings is 2. The minimum absolute atomic E-state index is 0.0277. The van der Waals surface area contributed by atoms with Crippen LogP contribution in [0.1, 0.15) is 31.4 Å². The van der Waals surface area contributed by atoms with E-state index >= 15 is 0 Å². The Hall–Kier alpha value is -2.68. The maximum absolute atomic E-state index is 12.9. The predicted molar refractivity (Wildman–Crippen MR) is 97.5 cm³/mol. The number of carbonyl (C=O) groups is 1. The van der Waals surface area contributed by atoms with Gasteiger partial charge in [-0.3, -0.25) is 9.69 Å². The minimum Gasteiger partial charge on any atom is -0.287 e. The van der Waals surface area contributed by atoms with Gasteiger partial charge in [0.05, 0.1) is 6.54 Å². The summed E-state index contributed by atoms with van der Waals surface area (Å²) in [6.45, 7) is 4.87. The van der Waals surface area contributed by atoms with E-state index in [9.17, 15) is 4.79 Å². The van der Waals surface area contributed by atoms with E-state index in [2.05, 4.69) is 24.9 Å². The fourth-order valence-corrected chi connectivity index (χ4v) is 2.65. The molecule has 2 aromatic rings. The third-order valence-corrected chi connectivity index (χ3v) is 3.95. The lowest BCUT2D eigenvalue weighted by atomic mass is 10.1. The molecule has 24 heavy (non-hydrogen) atoms. The van der Waals surface area contributed by atoms with Crippen molar-refractivity contribution in [3.63, 3.8) is 0 Å². The van der Waals surface area contributed by atoms with Crippen molar-refractivity contribution in [2.45, 2.75) is 26.8 Å². The van der Waals surface area contributed by atoms with Gasteiger partial charge in [-0.2, -0.15) is 0 Å². The van der Waals surface area contributed by atoms with Gasteiger partial charge in [0.25, 0.3) is 5.91 Å². The molecule has 0 bridgehead atoms. The molecule has 2 aromatic carbocycles. The molecule has 3 nitrogen and oxygen atoms in total. The van der Waals surface area contributed by atoms with Crippen molar-refractivity contribution in [1.82, 2.24) is 4.90 Å². The maximum Gasteiger partial charge on any atom is 0.279 e. The second kappa shape index (κ2) is 7.26. The van der Waals surface area contributed by atoms with Crippen LogP contribution in [0.4, 0.5) is 0 Å². The molecule has 0 fully saturated rings. The van der Waals surface area contributed by atoms with Gasteiger partial charge >= 0.3 is 0 Å². The second-order valence-corrected chi connectivity index (χ2v) is 6.40. The summed E-state index contributed by atoms with van der Waals surface area (Å²) in [4.78, 5) is 19.3. The highest BCUT2D eigenvalue weighted by molar-refractivity contribution is 6.47. The van der Waals surface area contributed by atoms with E-state index < -0.39 is 0 Å².